The van der Waals surface area contributed by atoms with Gasteiger partial charge in [0.15, 0.2) is 0 Å². The van der Waals surface area contributed by atoms with Crippen LogP contribution in [-0.4, -0.2) is 19.1 Å². The molecular formula is C18H27NO4. The highest BCUT2D eigenvalue weighted by Crippen LogP contribution is 2.36. The predicted molar refractivity (Wildman–Crippen MR) is 89.3 cm³/mol. The number of hydrogen-bond donors (Lipinski definition) is 1. The maximum atomic E-state index is 11.9. The lowest BCUT2D eigenvalue weighted by Gasteiger charge is -2.30. The molecule has 1 N–H and O–H groups in total. The van der Waals surface area contributed by atoms with Crippen LogP contribution in [0.3, 0.4) is 0 Å². The summed E-state index contributed by atoms with van der Waals surface area (Å²) >= 11 is 0. The Labute approximate surface area is 138 Å². The summed E-state index contributed by atoms with van der Waals surface area (Å²) in [6.45, 7) is 11.4. The molecule has 1 amide bonds. The Balaban J connectivity index is 2.95. The second-order valence-corrected chi connectivity index (χ2v) is 7.61. The monoisotopic (exact) mass is 321 g/mol. The van der Waals surface area contributed by atoms with Crippen molar-refractivity contribution in [1.29, 1.82) is 0 Å². The molecule has 1 aromatic carbocycles. The van der Waals surface area contributed by atoms with E-state index in [0.29, 0.717) is 5.75 Å². The van der Waals surface area contributed by atoms with Crippen molar-refractivity contribution in [3.05, 3.63) is 29.8 Å². The van der Waals surface area contributed by atoms with Crippen molar-refractivity contribution < 1.29 is 19.1 Å². The fourth-order valence-electron chi connectivity index (χ4n) is 1.88. The zero-order valence-electron chi connectivity index (χ0n) is 15.0. The summed E-state index contributed by atoms with van der Waals surface area (Å²) in [6, 6.07) is 7.05. The third kappa shape index (κ3) is 5.58. The van der Waals surface area contributed by atoms with Gasteiger partial charge < -0.3 is 14.8 Å². The van der Waals surface area contributed by atoms with E-state index in [0.717, 1.165) is 5.56 Å². The van der Waals surface area contributed by atoms with Gasteiger partial charge in [-0.15, -0.1) is 0 Å². The van der Waals surface area contributed by atoms with Gasteiger partial charge in [-0.1, -0.05) is 32.9 Å². The number of hydrogen-bond acceptors (Lipinski definition) is 4. The van der Waals surface area contributed by atoms with E-state index in [4.69, 9.17) is 9.47 Å². The zero-order valence-corrected chi connectivity index (χ0v) is 15.0. The van der Waals surface area contributed by atoms with Crippen LogP contribution < -0.4 is 10.1 Å². The number of alkyl carbamates (subject to hydrolysis) is 1. The van der Waals surface area contributed by atoms with Crippen LogP contribution in [0.2, 0.25) is 0 Å². The third-order valence-electron chi connectivity index (χ3n) is 3.22. The minimum absolute atomic E-state index is 0.268. The number of esters is 1. The van der Waals surface area contributed by atoms with Crippen LogP contribution in [0.1, 0.15) is 53.2 Å². The van der Waals surface area contributed by atoms with E-state index in [1.165, 1.54) is 7.05 Å². The number of amides is 1. The Morgan fingerprint density at radius 2 is 1.52 bits per heavy atom. The first kappa shape index (κ1) is 19.0. The minimum atomic E-state index is -0.561. The van der Waals surface area contributed by atoms with Gasteiger partial charge in [0, 0.05) is 12.5 Å². The molecule has 23 heavy (non-hydrogen) atoms. The van der Waals surface area contributed by atoms with E-state index in [9.17, 15) is 9.59 Å². The van der Waals surface area contributed by atoms with Crippen LogP contribution >= 0.6 is 0 Å². The van der Waals surface area contributed by atoms with Gasteiger partial charge in [-0.25, -0.2) is 4.79 Å². The van der Waals surface area contributed by atoms with E-state index in [-0.39, 0.29) is 11.4 Å². The van der Waals surface area contributed by atoms with E-state index in [1.54, 1.807) is 32.9 Å². The van der Waals surface area contributed by atoms with E-state index < -0.39 is 17.6 Å². The molecule has 5 heteroatoms. The van der Waals surface area contributed by atoms with Crippen molar-refractivity contribution in [2.75, 3.05) is 7.05 Å². The summed E-state index contributed by atoms with van der Waals surface area (Å²) in [7, 11) is 1.52. The largest absolute Gasteiger partial charge is 0.441 e. The maximum Gasteiger partial charge on any atom is 0.407 e. The Bertz CT molecular complexity index is 550. The van der Waals surface area contributed by atoms with E-state index in [1.807, 2.05) is 32.9 Å². The highest BCUT2D eigenvalue weighted by atomic mass is 16.6. The predicted octanol–water partition coefficient (Wildman–Crippen LogP) is 4.08. The molecule has 0 saturated carbocycles. The van der Waals surface area contributed by atoms with E-state index in [2.05, 4.69) is 5.32 Å². The Morgan fingerprint density at radius 1 is 1.00 bits per heavy atom. The summed E-state index contributed by atoms with van der Waals surface area (Å²) < 4.78 is 10.8. The van der Waals surface area contributed by atoms with Crippen molar-refractivity contribution in [2.24, 2.45) is 10.8 Å². The molecule has 1 atom stereocenters. The van der Waals surface area contributed by atoms with Crippen LogP contribution in [0.5, 0.6) is 5.75 Å². The topological polar surface area (TPSA) is 64.6 Å². The Kier molecular flexibility index (Phi) is 5.81. The molecule has 1 unspecified atom stereocenters. The van der Waals surface area contributed by atoms with Gasteiger partial charge in [0.25, 0.3) is 0 Å². The molecule has 1 aromatic rings. The SMILES string of the molecule is CNC(=O)OC(c1ccc(OC(=O)C(C)(C)C)cc1)C(C)(C)C. The molecule has 0 spiro atoms. The van der Waals surface area contributed by atoms with Gasteiger partial charge in [0.2, 0.25) is 0 Å². The van der Waals surface area contributed by atoms with Crippen molar-refractivity contribution in [3.63, 3.8) is 0 Å². The van der Waals surface area contributed by atoms with Gasteiger partial charge in [-0.2, -0.15) is 0 Å². The lowest BCUT2D eigenvalue weighted by atomic mass is 9.84. The Hall–Kier alpha value is -2.04. The number of benzene rings is 1. The van der Waals surface area contributed by atoms with Crippen LogP contribution in [0.15, 0.2) is 24.3 Å². The van der Waals surface area contributed by atoms with Crippen LogP contribution in [0.4, 0.5) is 4.79 Å². The first-order chi connectivity index (χ1) is 10.4. The Morgan fingerprint density at radius 3 is 1.91 bits per heavy atom. The number of nitrogens with one attached hydrogen (secondary N) is 1. The standard InChI is InChI=1S/C18H27NO4/c1-17(2,3)14(23-16(21)19-7)12-8-10-13(11-9-12)22-15(20)18(4,5)6/h8-11,14H,1-7H3,(H,19,21). The highest BCUT2D eigenvalue weighted by Gasteiger charge is 2.30. The molecule has 128 valence electrons. The summed E-state index contributed by atoms with van der Waals surface area (Å²) in [5.74, 6) is 0.181. The average molecular weight is 321 g/mol. The second kappa shape index (κ2) is 7.02. The van der Waals surface area contributed by atoms with Gasteiger partial charge in [-0.3, -0.25) is 4.79 Å². The van der Waals surface area contributed by atoms with E-state index >= 15 is 0 Å². The molecule has 0 heterocycles. The molecule has 1 rings (SSSR count). The summed E-state index contributed by atoms with van der Waals surface area (Å²) in [5.41, 5.74) is 0.0158. The summed E-state index contributed by atoms with van der Waals surface area (Å²) in [4.78, 5) is 23.5. The molecular weight excluding hydrogens is 294 g/mol. The quantitative estimate of drug-likeness (QED) is 0.673. The fraction of sp³-hybridized carbons (Fsp3) is 0.556. The molecule has 0 radical (unpaired) electrons. The second-order valence-electron chi connectivity index (χ2n) is 7.61. The normalized spacial score (nSPS) is 13.2. The number of carbonyl (C=O) groups is 2. The summed E-state index contributed by atoms with van der Waals surface area (Å²) in [6.07, 6.45) is -0.886. The molecule has 0 aliphatic rings. The van der Waals surface area contributed by atoms with Crippen molar-refractivity contribution in [2.45, 2.75) is 47.6 Å². The number of ether oxygens (including phenoxy) is 2. The van der Waals surface area contributed by atoms with Crippen molar-refractivity contribution in [1.82, 2.24) is 5.32 Å². The number of rotatable bonds is 3. The molecule has 0 aliphatic heterocycles. The van der Waals surface area contributed by atoms with Crippen molar-refractivity contribution in [3.8, 4) is 5.75 Å². The molecule has 0 fully saturated rings. The van der Waals surface area contributed by atoms with Crippen LogP contribution in [-0.2, 0) is 9.53 Å². The lowest BCUT2D eigenvalue weighted by Crippen LogP contribution is -2.29. The minimum Gasteiger partial charge on any atom is -0.441 e. The van der Waals surface area contributed by atoms with Gasteiger partial charge in [0.1, 0.15) is 11.9 Å². The fourth-order valence-corrected chi connectivity index (χ4v) is 1.88. The molecule has 0 saturated heterocycles. The lowest BCUT2D eigenvalue weighted by molar-refractivity contribution is -0.143. The molecule has 0 bridgehead atoms. The van der Waals surface area contributed by atoms with Crippen molar-refractivity contribution >= 4 is 12.1 Å². The average Bonchev–Trinajstić information content (AvgIpc) is 2.43. The van der Waals surface area contributed by atoms with Crippen LogP contribution in [0.25, 0.3) is 0 Å². The third-order valence-corrected chi connectivity index (χ3v) is 3.22. The van der Waals surface area contributed by atoms with Gasteiger partial charge in [-0.05, 0) is 38.5 Å². The first-order valence-electron chi connectivity index (χ1n) is 7.66. The zero-order chi connectivity index (χ0) is 17.8. The molecule has 0 aromatic heterocycles. The maximum absolute atomic E-state index is 11.9. The smallest absolute Gasteiger partial charge is 0.407 e. The first-order valence-corrected chi connectivity index (χ1v) is 7.66. The highest BCUT2D eigenvalue weighted by molar-refractivity contribution is 5.77. The van der Waals surface area contributed by atoms with Crippen LogP contribution in [0, 0.1) is 10.8 Å². The molecule has 5 nitrogen and oxygen atoms in total. The number of carbonyl (C=O) groups excluding carboxylic acids is 2. The summed E-state index contributed by atoms with van der Waals surface area (Å²) in [5, 5.41) is 2.46. The van der Waals surface area contributed by atoms with Gasteiger partial charge >= 0.3 is 12.1 Å². The molecule has 0 aliphatic carbocycles. The van der Waals surface area contributed by atoms with Gasteiger partial charge in [0.05, 0.1) is 5.41 Å².